The number of hydrogen-bond acceptors (Lipinski definition) is 3. The molecule has 1 aliphatic heterocycles. The highest BCUT2D eigenvalue weighted by molar-refractivity contribution is 6.31. The van der Waals surface area contributed by atoms with Crippen molar-refractivity contribution >= 4 is 34.5 Å². The third-order valence-electron chi connectivity index (χ3n) is 6.76. The van der Waals surface area contributed by atoms with Crippen LogP contribution in [0.25, 0.3) is 11.1 Å². The van der Waals surface area contributed by atoms with Crippen LogP contribution in [-0.4, -0.2) is 32.9 Å². The molecule has 2 aromatic heterocycles. The van der Waals surface area contributed by atoms with Gasteiger partial charge in [-0.15, -0.1) is 0 Å². The van der Waals surface area contributed by atoms with Crippen LogP contribution in [0.4, 0.5) is 0 Å². The molecule has 6 nitrogen and oxygen atoms in total. The van der Waals surface area contributed by atoms with Gasteiger partial charge in [0.1, 0.15) is 11.2 Å². The molecule has 162 valence electrons. The van der Waals surface area contributed by atoms with E-state index in [-0.39, 0.29) is 24.4 Å². The number of hydrogen-bond donors (Lipinski definition) is 1. The van der Waals surface area contributed by atoms with E-state index in [1.165, 1.54) is 6.42 Å². The van der Waals surface area contributed by atoms with Gasteiger partial charge in [-0.05, 0) is 31.4 Å². The smallest absolute Gasteiger partial charge is 0.271 e. The van der Waals surface area contributed by atoms with Crippen LogP contribution in [0.2, 0.25) is 5.02 Å². The Labute approximate surface area is 186 Å². The fourth-order valence-corrected chi connectivity index (χ4v) is 5.10. The standard InChI is InChI=1S/C24H26ClN3O3/c1-24(23(30)26-17-8-3-2-4-9-17)15-27-19-11-12-31-21(19)13-20(27)22(29)28(24)14-16-7-5-6-10-18(16)25/h5-7,10-13,17H,2-4,8-9,14-15H2,1H3,(H,26,30)/t24-/m1/s1. The highest BCUT2D eigenvalue weighted by Crippen LogP contribution is 2.35. The van der Waals surface area contributed by atoms with E-state index >= 15 is 0 Å². The molecule has 31 heavy (non-hydrogen) atoms. The van der Waals surface area contributed by atoms with Crippen LogP contribution in [0.15, 0.2) is 47.1 Å². The second-order valence-corrected chi connectivity index (χ2v) is 9.26. The van der Waals surface area contributed by atoms with Gasteiger partial charge >= 0.3 is 0 Å². The lowest BCUT2D eigenvalue weighted by Gasteiger charge is -2.45. The Balaban J connectivity index is 1.54. The summed E-state index contributed by atoms with van der Waals surface area (Å²) >= 11 is 6.41. The first kappa shape index (κ1) is 20.2. The largest absolute Gasteiger partial charge is 0.463 e. The number of nitrogens with one attached hydrogen (secondary N) is 1. The number of furan rings is 1. The van der Waals surface area contributed by atoms with Crippen molar-refractivity contribution in [2.75, 3.05) is 0 Å². The monoisotopic (exact) mass is 439 g/mol. The van der Waals surface area contributed by atoms with Crippen LogP contribution in [0.5, 0.6) is 0 Å². The predicted octanol–water partition coefficient (Wildman–Crippen LogP) is 4.75. The van der Waals surface area contributed by atoms with Crippen molar-refractivity contribution in [3.05, 3.63) is 58.9 Å². The van der Waals surface area contributed by atoms with Gasteiger partial charge in [-0.25, -0.2) is 0 Å². The normalized spacial score (nSPS) is 22.0. The summed E-state index contributed by atoms with van der Waals surface area (Å²) in [5, 5.41) is 3.83. The summed E-state index contributed by atoms with van der Waals surface area (Å²) < 4.78 is 7.44. The second kappa shape index (κ2) is 7.75. The van der Waals surface area contributed by atoms with Gasteiger partial charge < -0.3 is 19.2 Å². The zero-order valence-corrected chi connectivity index (χ0v) is 18.3. The highest BCUT2D eigenvalue weighted by Gasteiger charge is 2.48. The molecular weight excluding hydrogens is 414 g/mol. The quantitative estimate of drug-likeness (QED) is 0.637. The Hall–Kier alpha value is -2.73. The average Bonchev–Trinajstić information content (AvgIpc) is 3.35. The van der Waals surface area contributed by atoms with Crippen LogP contribution < -0.4 is 5.32 Å². The van der Waals surface area contributed by atoms with Crippen molar-refractivity contribution in [3.63, 3.8) is 0 Å². The number of carbonyl (C=O) groups excluding carboxylic acids is 2. The Kier molecular flexibility index (Phi) is 5.05. The van der Waals surface area contributed by atoms with Crippen LogP contribution in [0, 0.1) is 0 Å². The number of amides is 2. The number of rotatable bonds is 4. The first-order valence-corrected chi connectivity index (χ1v) is 11.3. The maximum absolute atomic E-state index is 13.7. The van der Waals surface area contributed by atoms with Crippen LogP contribution in [0.3, 0.4) is 0 Å². The molecule has 0 unspecified atom stereocenters. The molecule has 0 bridgehead atoms. The molecule has 1 saturated carbocycles. The molecule has 1 aliphatic carbocycles. The zero-order chi connectivity index (χ0) is 21.6. The van der Waals surface area contributed by atoms with Crippen LogP contribution in [0.1, 0.15) is 55.1 Å². The summed E-state index contributed by atoms with van der Waals surface area (Å²) in [4.78, 5) is 29.0. The van der Waals surface area contributed by atoms with Gasteiger partial charge in [0.25, 0.3) is 5.91 Å². The number of halogens is 1. The third-order valence-corrected chi connectivity index (χ3v) is 7.13. The second-order valence-electron chi connectivity index (χ2n) is 8.85. The van der Waals surface area contributed by atoms with Gasteiger partial charge in [0.2, 0.25) is 5.91 Å². The number of nitrogens with zero attached hydrogens (tertiary/aromatic N) is 2. The van der Waals surface area contributed by atoms with E-state index < -0.39 is 5.54 Å². The van der Waals surface area contributed by atoms with Crippen molar-refractivity contribution in [3.8, 4) is 0 Å². The van der Waals surface area contributed by atoms with E-state index in [1.807, 2.05) is 35.8 Å². The minimum absolute atomic E-state index is 0.115. The summed E-state index contributed by atoms with van der Waals surface area (Å²) in [5.74, 6) is -0.310. The van der Waals surface area contributed by atoms with E-state index in [4.69, 9.17) is 16.0 Å². The SMILES string of the molecule is C[C@]1(C(=O)NC2CCCCC2)Cn2c(cc3occc32)C(=O)N1Cc1ccccc1Cl. The minimum Gasteiger partial charge on any atom is -0.463 e. The Morgan fingerprint density at radius 3 is 2.77 bits per heavy atom. The summed E-state index contributed by atoms with van der Waals surface area (Å²) in [6.07, 6.45) is 7.05. The van der Waals surface area contributed by atoms with Crippen molar-refractivity contribution in [1.29, 1.82) is 0 Å². The van der Waals surface area contributed by atoms with Crippen molar-refractivity contribution in [2.24, 2.45) is 0 Å². The lowest BCUT2D eigenvalue weighted by Crippen LogP contribution is -2.64. The molecule has 7 heteroatoms. The fraction of sp³-hybridized carbons (Fsp3) is 0.417. The molecule has 5 rings (SSSR count). The van der Waals surface area contributed by atoms with E-state index in [2.05, 4.69) is 5.32 Å². The third kappa shape index (κ3) is 3.43. The number of carbonyl (C=O) groups is 2. The number of benzene rings is 1. The molecule has 1 aromatic carbocycles. The molecule has 1 fully saturated rings. The van der Waals surface area contributed by atoms with Gasteiger partial charge in [-0.3, -0.25) is 9.59 Å². The van der Waals surface area contributed by atoms with Gasteiger partial charge in [-0.2, -0.15) is 0 Å². The fourth-order valence-electron chi connectivity index (χ4n) is 4.91. The Morgan fingerprint density at radius 2 is 2.00 bits per heavy atom. The maximum atomic E-state index is 13.7. The topological polar surface area (TPSA) is 67.5 Å². The zero-order valence-electron chi connectivity index (χ0n) is 17.6. The minimum atomic E-state index is -1.05. The highest BCUT2D eigenvalue weighted by atomic mass is 35.5. The van der Waals surface area contributed by atoms with Gasteiger partial charge in [-0.1, -0.05) is 49.1 Å². The van der Waals surface area contributed by atoms with E-state index in [1.54, 1.807) is 23.3 Å². The summed E-state index contributed by atoms with van der Waals surface area (Å²) in [6, 6.07) is 11.2. The molecule has 3 aromatic rings. The molecule has 0 radical (unpaired) electrons. The van der Waals surface area contributed by atoms with Crippen molar-refractivity contribution in [2.45, 2.75) is 63.7 Å². The number of aromatic nitrogens is 1. The lowest BCUT2D eigenvalue weighted by molar-refractivity contribution is -0.134. The van der Waals surface area contributed by atoms with Crippen molar-refractivity contribution < 1.29 is 14.0 Å². The lowest BCUT2D eigenvalue weighted by atomic mass is 9.91. The van der Waals surface area contributed by atoms with Gasteiger partial charge in [0.15, 0.2) is 5.58 Å². The maximum Gasteiger partial charge on any atom is 0.271 e. The van der Waals surface area contributed by atoms with E-state index in [9.17, 15) is 9.59 Å². The van der Waals surface area contributed by atoms with Gasteiger partial charge in [0, 0.05) is 29.7 Å². The van der Waals surface area contributed by atoms with Crippen molar-refractivity contribution in [1.82, 2.24) is 14.8 Å². The van der Waals surface area contributed by atoms with Crippen LogP contribution in [-0.2, 0) is 17.9 Å². The first-order valence-electron chi connectivity index (χ1n) is 10.9. The molecular formula is C24H26ClN3O3. The molecule has 3 heterocycles. The van der Waals surface area contributed by atoms with Crippen LogP contribution >= 0.6 is 11.6 Å². The average molecular weight is 440 g/mol. The summed E-state index contributed by atoms with van der Waals surface area (Å²) in [7, 11) is 0. The molecule has 0 spiro atoms. The molecule has 1 N–H and O–H groups in total. The Bertz CT molecular complexity index is 1140. The number of fused-ring (bicyclic) bond motifs is 3. The summed E-state index contributed by atoms with van der Waals surface area (Å²) in [5.41, 5.74) is 1.78. The van der Waals surface area contributed by atoms with E-state index in [0.29, 0.717) is 22.8 Å². The van der Waals surface area contributed by atoms with E-state index in [0.717, 1.165) is 36.8 Å². The molecule has 0 saturated heterocycles. The Morgan fingerprint density at radius 1 is 1.23 bits per heavy atom. The predicted molar refractivity (Wildman–Crippen MR) is 119 cm³/mol. The molecule has 1 atom stereocenters. The summed E-state index contributed by atoms with van der Waals surface area (Å²) in [6.45, 7) is 2.48. The molecule has 2 aliphatic rings. The molecule has 2 amide bonds. The van der Waals surface area contributed by atoms with Gasteiger partial charge in [0.05, 0.1) is 18.3 Å². The first-order chi connectivity index (χ1) is 15.0.